The average Bonchev–Trinajstić information content (AvgIpc) is 3.21. The van der Waals surface area contributed by atoms with Crippen molar-refractivity contribution < 1.29 is 9.59 Å². The number of fused-ring (bicyclic) bond motifs is 1. The van der Waals surface area contributed by atoms with Gasteiger partial charge >= 0.3 is 0 Å². The van der Waals surface area contributed by atoms with Crippen molar-refractivity contribution in [3.8, 4) is 0 Å². The van der Waals surface area contributed by atoms with Gasteiger partial charge in [-0.3, -0.25) is 19.9 Å². The summed E-state index contributed by atoms with van der Waals surface area (Å²) in [5.74, 6) is -0.282. The minimum Gasteiger partial charge on any atom is -0.298 e. The molecule has 2 aliphatic rings. The van der Waals surface area contributed by atoms with Crippen molar-refractivity contribution in [2.45, 2.75) is 51.5 Å². The number of aryl methyl sites for hydroxylation is 2. The number of ketones is 1. The van der Waals surface area contributed by atoms with Gasteiger partial charge in [-0.1, -0.05) is 24.6 Å². The Labute approximate surface area is 162 Å². The molecule has 1 unspecified atom stereocenters. The first-order valence-electron chi connectivity index (χ1n) is 9.34. The van der Waals surface area contributed by atoms with Crippen LogP contribution in [0.3, 0.4) is 0 Å². The third-order valence-electron chi connectivity index (χ3n) is 4.98. The number of benzene rings is 1. The molecule has 140 valence electrons. The Morgan fingerprint density at radius 2 is 1.93 bits per heavy atom. The van der Waals surface area contributed by atoms with E-state index in [-0.39, 0.29) is 11.7 Å². The monoisotopic (exact) mass is 382 g/mol. The average molecular weight is 382 g/mol. The molecule has 1 aliphatic heterocycles. The standard InChI is InChI=1S/C20H22N4O2S/c1-13(25)17-12-16(23-24(17)14-8-4-2-5-9-14)19(26)22-20-21-15-10-6-3-7-11-18(15)27-20/h2,4-5,8-9,17H,3,6-7,10-12H2,1H3,(H,21,22,26). The lowest BCUT2D eigenvalue weighted by Gasteiger charge is -2.20. The van der Waals surface area contributed by atoms with Crippen LogP contribution in [0.1, 0.15) is 43.2 Å². The number of rotatable bonds is 4. The molecule has 7 heteroatoms. The summed E-state index contributed by atoms with van der Waals surface area (Å²) in [4.78, 5) is 30.7. The van der Waals surface area contributed by atoms with Crippen LogP contribution in [-0.2, 0) is 22.4 Å². The fourth-order valence-corrected chi connectivity index (χ4v) is 4.58. The molecule has 4 rings (SSSR count). The van der Waals surface area contributed by atoms with Crippen LogP contribution < -0.4 is 10.3 Å². The van der Waals surface area contributed by atoms with Crippen LogP contribution in [0.4, 0.5) is 10.8 Å². The number of amides is 1. The fraction of sp³-hybridized carbons (Fsp3) is 0.400. The number of anilines is 2. The molecule has 27 heavy (non-hydrogen) atoms. The molecule has 0 spiro atoms. The summed E-state index contributed by atoms with van der Waals surface area (Å²) in [5.41, 5.74) is 2.29. The van der Waals surface area contributed by atoms with E-state index in [2.05, 4.69) is 15.4 Å². The predicted molar refractivity (Wildman–Crippen MR) is 107 cm³/mol. The molecule has 1 aliphatic carbocycles. The van der Waals surface area contributed by atoms with E-state index in [0.29, 0.717) is 17.3 Å². The van der Waals surface area contributed by atoms with Crippen LogP contribution in [-0.4, -0.2) is 28.4 Å². The van der Waals surface area contributed by atoms with Crippen LogP contribution in [0.25, 0.3) is 0 Å². The molecule has 1 N–H and O–H groups in total. The number of nitrogens with one attached hydrogen (secondary N) is 1. The lowest BCUT2D eigenvalue weighted by atomic mass is 10.1. The maximum Gasteiger partial charge on any atom is 0.273 e. The third kappa shape index (κ3) is 3.78. The number of hydrogen-bond acceptors (Lipinski definition) is 6. The lowest BCUT2D eigenvalue weighted by molar-refractivity contribution is -0.118. The van der Waals surface area contributed by atoms with Crippen LogP contribution in [0, 0.1) is 0 Å². The van der Waals surface area contributed by atoms with Gasteiger partial charge in [-0.2, -0.15) is 5.10 Å². The van der Waals surface area contributed by atoms with Crippen molar-refractivity contribution in [2.75, 3.05) is 10.3 Å². The summed E-state index contributed by atoms with van der Waals surface area (Å²) in [6, 6.07) is 9.02. The van der Waals surface area contributed by atoms with Crippen LogP contribution in [0.15, 0.2) is 35.4 Å². The third-order valence-corrected chi connectivity index (χ3v) is 6.05. The maximum absolute atomic E-state index is 12.7. The van der Waals surface area contributed by atoms with E-state index in [1.165, 1.54) is 24.6 Å². The highest BCUT2D eigenvalue weighted by molar-refractivity contribution is 7.16. The van der Waals surface area contributed by atoms with Gasteiger partial charge in [-0.15, -0.1) is 11.3 Å². The number of hydrazone groups is 1. The summed E-state index contributed by atoms with van der Waals surface area (Å²) in [5, 5.41) is 9.62. The second-order valence-corrected chi connectivity index (χ2v) is 8.04. The number of para-hydroxylation sites is 1. The molecule has 2 aromatic rings. The van der Waals surface area contributed by atoms with Crippen LogP contribution >= 0.6 is 11.3 Å². The van der Waals surface area contributed by atoms with Crippen molar-refractivity contribution in [3.05, 3.63) is 40.9 Å². The van der Waals surface area contributed by atoms with Gasteiger partial charge < -0.3 is 0 Å². The molecule has 6 nitrogen and oxygen atoms in total. The summed E-state index contributed by atoms with van der Waals surface area (Å²) >= 11 is 1.56. The molecular formula is C20H22N4O2S. The molecule has 1 aromatic carbocycles. The summed E-state index contributed by atoms with van der Waals surface area (Å²) < 4.78 is 0. The molecule has 0 saturated heterocycles. The molecule has 1 atom stereocenters. The van der Waals surface area contributed by atoms with E-state index in [9.17, 15) is 9.59 Å². The molecule has 0 bridgehead atoms. The molecule has 1 amide bonds. The second kappa shape index (κ2) is 7.60. The van der Waals surface area contributed by atoms with Crippen molar-refractivity contribution >= 4 is 39.6 Å². The molecule has 0 fully saturated rings. The Balaban J connectivity index is 1.52. The quantitative estimate of drug-likeness (QED) is 0.820. The zero-order valence-corrected chi connectivity index (χ0v) is 16.1. The lowest BCUT2D eigenvalue weighted by Crippen LogP contribution is -2.33. The molecule has 0 radical (unpaired) electrons. The highest BCUT2D eigenvalue weighted by Crippen LogP contribution is 2.30. The zero-order valence-electron chi connectivity index (χ0n) is 15.3. The van der Waals surface area contributed by atoms with E-state index in [1.54, 1.807) is 16.3 Å². The number of carbonyl (C=O) groups excluding carboxylic acids is 2. The smallest absolute Gasteiger partial charge is 0.273 e. The van der Waals surface area contributed by atoms with E-state index in [0.717, 1.165) is 30.6 Å². The Hall–Kier alpha value is -2.54. The number of thiazole rings is 1. The van der Waals surface area contributed by atoms with Gasteiger partial charge in [0.2, 0.25) is 0 Å². The van der Waals surface area contributed by atoms with Gasteiger partial charge in [-0.05, 0) is 44.7 Å². The Morgan fingerprint density at radius 3 is 2.70 bits per heavy atom. The molecule has 2 heterocycles. The van der Waals surface area contributed by atoms with Crippen molar-refractivity contribution in [1.82, 2.24) is 4.98 Å². The van der Waals surface area contributed by atoms with Gasteiger partial charge in [0.15, 0.2) is 10.9 Å². The largest absolute Gasteiger partial charge is 0.298 e. The fourth-order valence-electron chi connectivity index (χ4n) is 3.53. The summed E-state index contributed by atoms with van der Waals surface area (Å²) in [6.45, 7) is 1.54. The summed E-state index contributed by atoms with van der Waals surface area (Å²) in [6.07, 6.45) is 5.91. The van der Waals surface area contributed by atoms with Gasteiger partial charge in [0, 0.05) is 11.3 Å². The second-order valence-electron chi connectivity index (χ2n) is 6.96. The van der Waals surface area contributed by atoms with Crippen LogP contribution in [0.5, 0.6) is 0 Å². The topological polar surface area (TPSA) is 74.7 Å². The number of hydrogen-bond donors (Lipinski definition) is 1. The first-order valence-corrected chi connectivity index (χ1v) is 10.2. The van der Waals surface area contributed by atoms with E-state index < -0.39 is 6.04 Å². The highest BCUT2D eigenvalue weighted by atomic mass is 32.1. The van der Waals surface area contributed by atoms with Crippen molar-refractivity contribution in [2.24, 2.45) is 5.10 Å². The number of Topliss-reactive ketones (excluding diaryl/α,β-unsaturated/α-hetero) is 1. The van der Waals surface area contributed by atoms with Gasteiger partial charge in [0.25, 0.3) is 5.91 Å². The minimum atomic E-state index is -0.443. The molecular weight excluding hydrogens is 360 g/mol. The van der Waals surface area contributed by atoms with Crippen LogP contribution in [0.2, 0.25) is 0 Å². The minimum absolute atomic E-state index is 0.00799. The SMILES string of the molecule is CC(=O)C1CC(C(=O)Nc2nc3c(s2)CCCCC3)=NN1c1ccccc1. The van der Waals surface area contributed by atoms with Gasteiger partial charge in [0.1, 0.15) is 11.8 Å². The van der Waals surface area contributed by atoms with Crippen molar-refractivity contribution in [1.29, 1.82) is 0 Å². The normalized spacial score (nSPS) is 19.2. The van der Waals surface area contributed by atoms with E-state index in [1.807, 2.05) is 30.3 Å². The van der Waals surface area contributed by atoms with Gasteiger partial charge in [0.05, 0.1) is 11.4 Å². The Kier molecular flexibility index (Phi) is 5.03. The summed E-state index contributed by atoms with van der Waals surface area (Å²) in [7, 11) is 0. The first kappa shape index (κ1) is 17.9. The zero-order chi connectivity index (χ0) is 18.8. The van der Waals surface area contributed by atoms with Gasteiger partial charge in [-0.25, -0.2) is 4.98 Å². The molecule has 1 aromatic heterocycles. The number of nitrogens with zero attached hydrogens (tertiary/aromatic N) is 3. The van der Waals surface area contributed by atoms with Crippen molar-refractivity contribution in [3.63, 3.8) is 0 Å². The number of aromatic nitrogens is 1. The maximum atomic E-state index is 12.7. The number of carbonyl (C=O) groups is 2. The molecule has 0 saturated carbocycles. The highest BCUT2D eigenvalue weighted by Gasteiger charge is 2.34. The van der Waals surface area contributed by atoms with E-state index >= 15 is 0 Å². The predicted octanol–water partition coefficient (Wildman–Crippen LogP) is 3.57. The van der Waals surface area contributed by atoms with E-state index in [4.69, 9.17) is 0 Å². The Morgan fingerprint density at radius 1 is 1.15 bits per heavy atom. The first-order chi connectivity index (χ1) is 13.1. The Bertz CT molecular complexity index is 867.